The zero-order valence-electron chi connectivity index (χ0n) is 12.1. The molecule has 0 aliphatic carbocycles. The molecule has 0 bridgehead atoms. The van der Waals surface area contributed by atoms with Gasteiger partial charge >= 0.3 is 5.97 Å². The van der Waals surface area contributed by atoms with Crippen molar-refractivity contribution in [2.75, 3.05) is 6.61 Å². The molecule has 0 amide bonds. The molecule has 0 aromatic carbocycles. The van der Waals surface area contributed by atoms with Gasteiger partial charge in [-0.15, -0.1) is 6.58 Å². The van der Waals surface area contributed by atoms with Crippen molar-refractivity contribution in [3.8, 4) is 0 Å². The Morgan fingerprint density at radius 2 is 2.00 bits per heavy atom. The number of carbonyl (C=O) groups is 1. The fourth-order valence-electron chi connectivity index (χ4n) is 1.68. The first-order valence-electron chi connectivity index (χ1n) is 6.50. The van der Waals surface area contributed by atoms with Gasteiger partial charge in [0.05, 0.1) is 12.5 Å². The molecule has 0 saturated carbocycles. The molecule has 1 aromatic heterocycles. The van der Waals surface area contributed by atoms with Crippen molar-refractivity contribution >= 4 is 5.97 Å². The number of esters is 1. The normalized spacial score (nSPS) is 12.8. The molecule has 0 aliphatic rings. The fourth-order valence-corrected chi connectivity index (χ4v) is 1.68. The van der Waals surface area contributed by atoms with Gasteiger partial charge in [0, 0.05) is 23.4 Å². The molecule has 19 heavy (non-hydrogen) atoms. The monoisotopic (exact) mass is 262 g/mol. The second kappa shape index (κ2) is 6.45. The molecule has 4 heteroatoms. The average molecular weight is 262 g/mol. The van der Waals surface area contributed by atoms with Crippen LogP contribution in [0.5, 0.6) is 0 Å². The third kappa shape index (κ3) is 4.16. The van der Waals surface area contributed by atoms with E-state index in [2.05, 4.69) is 37.3 Å². The van der Waals surface area contributed by atoms with Gasteiger partial charge in [0.25, 0.3) is 0 Å². The third-order valence-corrected chi connectivity index (χ3v) is 2.72. The van der Waals surface area contributed by atoms with Gasteiger partial charge in [0.2, 0.25) is 0 Å². The van der Waals surface area contributed by atoms with E-state index in [9.17, 15) is 4.79 Å². The highest BCUT2D eigenvalue weighted by atomic mass is 16.5. The Bertz CT molecular complexity index is 432. The van der Waals surface area contributed by atoms with Crippen molar-refractivity contribution < 1.29 is 9.53 Å². The number of rotatable bonds is 5. The van der Waals surface area contributed by atoms with Crippen molar-refractivity contribution in [3.05, 3.63) is 36.4 Å². The molecule has 1 atom stereocenters. The maximum absolute atomic E-state index is 11.9. The molecule has 1 unspecified atom stereocenters. The Morgan fingerprint density at radius 1 is 1.42 bits per heavy atom. The van der Waals surface area contributed by atoms with E-state index in [-0.39, 0.29) is 17.3 Å². The highest BCUT2D eigenvalue weighted by molar-refractivity contribution is 5.78. The minimum absolute atomic E-state index is 0.101. The van der Waals surface area contributed by atoms with Gasteiger partial charge in [0.15, 0.2) is 0 Å². The van der Waals surface area contributed by atoms with Crippen LogP contribution in [0.1, 0.15) is 51.4 Å². The van der Waals surface area contributed by atoms with Gasteiger partial charge < -0.3 is 4.74 Å². The van der Waals surface area contributed by atoms with E-state index in [0.717, 1.165) is 11.4 Å². The summed E-state index contributed by atoms with van der Waals surface area (Å²) in [5.41, 5.74) is 0.669. The van der Waals surface area contributed by atoms with Crippen molar-refractivity contribution in [2.24, 2.45) is 0 Å². The predicted molar refractivity (Wildman–Crippen MR) is 74.9 cm³/mol. The van der Waals surface area contributed by atoms with Crippen LogP contribution in [0.3, 0.4) is 0 Å². The first-order chi connectivity index (χ1) is 8.90. The molecule has 0 saturated heterocycles. The largest absolute Gasteiger partial charge is 0.466 e. The van der Waals surface area contributed by atoms with E-state index in [1.165, 1.54) is 0 Å². The van der Waals surface area contributed by atoms with Crippen LogP contribution in [0, 0.1) is 0 Å². The van der Waals surface area contributed by atoms with Gasteiger partial charge in [-0.25, -0.2) is 9.97 Å². The van der Waals surface area contributed by atoms with E-state index in [4.69, 9.17) is 4.74 Å². The van der Waals surface area contributed by atoms with Crippen LogP contribution in [0.25, 0.3) is 0 Å². The number of hydrogen-bond donors (Lipinski definition) is 0. The van der Waals surface area contributed by atoms with Crippen LogP contribution in [0.2, 0.25) is 0 Å². The number of ether oxygens (including phenoxy) is 1. The lowest BCUT2D eigenvalue weighted by Crippen LogP contribution is -2.19. The molecule has 1 heterocycles. The smallest absolute Gasteiger partial charge is 0.313 e. The van der Waals surface area contributed by atoms with Gasteiger partial charge in [-0.3, -0.25) is 4.79 Å². The van der Waals surface area contributed by atoms with E-state index < -0.39 is 0 Å². The second-order valence-corrected chi connectivity index (χ2v) is 5.42. The zero-order chi connectivity index (χ0) is 14.5. The second-order valence-electron chi connectivity index (χ2n) is 5.42. The van der Waals surface area contributed by atoms with Crippen LogP contribution >= 0.6 is 0 Å². The van der Waals surface area contributed by atoms with Crippen molar-refractivity contribution in [2.45, 2.75) is 45.4 Å². The van der Waals surface area contributed by atoms with Gasteiger partial charge in [-0.05, 0) is 13.3 Å². The highest BCUT2D eigenvalue weighted by Crippen LogP contribution is 2.23. The molecule has 0 aliphatic heterocycles. The number of hydrogen-bond acceptors (Lipinski definition) is 4. The molecule has 104 valence electrons. The molecule has 0 radical (unpaired) electrons. The first-order valence-corrected chi connectivity index (χ1v) is 6.50. The molecule has 0 fully saturated rings. The van der Waals surface area contributed by atoms with E-state index in [0.29, 0.717) is 13.0 Å². The molecular formula is C15H22N2O2. The summed E-state index contributed by atoms with van der Waals surface area (Å²) in [6, 6.07) is 0. The Hall–Kier alpha value is -1.71. The number of aromatic nitrogens is 2. The maximum atomic E-state index is 11.9. The molecule has 4 nitrogen and oxygen atoms in total. The van der Waals surface area contributed by atoms with Crippen LogP contribution in [0.15, 0.2) is 25.0 Å². The standard InChI is InChI=1S/C15H22N2O2/c1-6-8-12(13(18)19-7-2)11-9-16-14(17-10-11)15(3,4)5/h6,9-10,12H,1,7-8H2,2-5H3. The number of nitrogens with zero attached hydrogens (tertiary/aromatic N) is 2. The van der Waals surface area contributed by atoms with Crippen LogP contribution in [-0.2, 0) is 14.9 Å². The fraction of sp³-hybridized carbons (Fsp3) is 0.533. The summed E-state index contributed by atoms with van der Waals surface area (Å²) in [4.78, 5) is 20.6. The Labute approximate surface area is 114 Å². The molecular weight excluding hydrogens is 240 g/mol. The highest BCUT2D eigenvalue weighted by Gasteiger charge is 2.23. The summed E-state index contributed by atoms with van der Waals surface area (Å²) in [6.45, 7) is 12.0. The van der Waals surface area contributed by atoms with Crippen LogP contribution < -0.4 is 0 Å². The van der Waals surface area contributed by atoms with Gasteiger partial charge in [-0.1, -0.05) is 26.8 Å². The summed E-state index contributed by atoms with van der Waals surface area (Å²) in [7, 11) is 0. The molecule has 1 aromatic rings. The lowest BCUT2D eigenvalue weighted by atomic mass is 9.94. The molecule has 0 N–H and O–H groups in total. The zero-order valence-corrected chi connectivity index (χ0v) is 12.1. The van der Waals surface area contributed by atoms with Gasteiger partial charge in [-0.2, -0.15) is 0 Å². The van der Waals surface area contributed by atoms with E-state index >= 15 is 0 Å². The van der Waals surface area contributed by atoms with Gasteiger partial charge in [0.1, 0.15) is 5.82 Å². The average Bonchev–Trinajstić information content (AvgIpc) is 2.35. The number of allylic oxidation sites excluding steroid dienone is 1. The minimum Gasteiger partial charge on any atom is -0.466 e. The summed E-state index contributed by atoms with van der Waals surface area (Å²) in [6.07, 6.45) is 5.65. The minimum atomic E-state index is -0.369. The van der Waals surface area contributed by atoms with Crippen LogP contribution in [0.4, 0.5) is 0 Å². The predicted octanol–water partition coefficient (Wildman–Crippen LogP) is 3.00. The summed E-state index contributed by atoms with van der Waals surface area (Å²) < 4.78 is 5.07. The van der Waals surface area contributed by atoms with Crippen molar-refractivity contribution in [1.29, 1.82) is 0 Å². The lowest BCUT2D eigenvalue weighted by Gasteiger charge is -2.18. The van der Waals surface area contributed by atoms with E-state index in [1.54, 1.807) is 25.4 Å². The SMILES string of the molecule is C=CCC(C(=O)OCC)c1cnc(C(C)(C)C)nc1. The Balaban J connectivity index is 2.97. The molecule has 0 spiro atoms. The van der Waals surface area contributed by atoms with Crippen LogP contribution in [-0.4, -0.2) is 22.5 Å². The lowest BCUT2D eigenvalue weighted by molar-refractivity contribution is -0.144. The third-order valence-electron chi connectivity index (χ3n) is 2.72. The summed E-state index contributed by atoms with van der Waals surface area (Å²) >= 11 is 0. The number of carbonyl (C=O) groups excluding carboxylic acids is 1. The van der Waals surface area contributed by atoms with Crippen molar-refractivity contribution in [1.82, 2.24) is 9.97 Å². The quantitative estimate of drug-likeness (QED) is 0.604. The van der Waals surface area contributed by atoms with Crippen molar-refractivity contribution in [3.63, 3.8) is 0 Å². The topological polar surface area (TPSA) is 52.1 Å². The molecule has 1 rings (SSSR count). The van der Waals surface area contributed by atoms with E-state index in [1.807, 2.05) is 0 Å². The Kier molecular flexibility index (Phi) is 5.21. The Morgan fingerprint density at radius 3 is 2.42 bits per heavy atom. The summed E-state index contributed by atoms with van der Waals surface area (Å²) in [5, 5.41) is 0. The maximum Gasteiger partial charge on any atom is 0.313 e. The first kappa shape index (κ1) is 15.3. The summed E-state index contributed by atoms with van der Waals surface area (Å²) in [5.74, 6) is 0.137.